The number of aromatic nitrogens is 3. The molecule has 0 radical (unpaired) electrons. The van der Waals surface area contributed by atoms with Gasteiger partial charge in [-0.1, -0.05) is 31.0 Å². The summed E-state index contributed by atoms with van der Waals surface area (Å²) in [6.07, 6.45) is 6.87. The molecule has 0 aliphatic heterocycles. The summed E-state index contributed by atoms with van der Waals surface area (Å²) in [4.78, 5) is 0. The van der Waals surface area contributed by atoms with Gasteiger partial charge in [0, 0.05) is 24.0 Å². The molecule has 0 spiro atoms. The Bertz CT molecular complexity index is 714. The molecular formula is C19H27N3O3S. The smallest absolute Gasteiger partial charge is 0.191 e. The first-order valence-corrected chi connectivity index (χ1v) is 10.2. The molecule has 3 rings (SSSR count). The van der Waals surface area contributed by atoms with Crippen LogP contribution in [0.5, 0.6) is 11.5 Å². The average molecular weight is 378 g/mol. The lowest BCUT2D eigenvalue weighted by Crippen LogP contribution is -2.15. The average Bonchev–Trinajstić information content (AvgIpc) is 3.12. The fraction of sp³-hybridized carbons (Fsp3) is 0.579. The third-order valence-electron chi connectivity index (χ3n) is 4.78. The molecule has 0 bridgehead atoms. The van der Waals surface area contributed by atoms with Crippen LogP contribution >= 0.6 is 11.8 Å². The molecule has 1 fully saturated rings. The van der Waals surface area contributed by atoms with Crippen LogP contribution in [0.4, 0.5) is 0 Å². The summed E-state index contributed by atoms with van der Waals surface area (Å²) < 4.78 is 13.1. The molecule has 0 saturated heterocycles. The zero-order valence-electron chi connectivity index (χ0n) is 15.5. The van der Waals surface area contributed by atoms with Gasteiger partial charge >= 0.3 is 0 Å². The van der Waals surface area contributed by atoms with Crippen LogP contribution in [-0.4, -0.2) is 46.5 Å². The zero-order valence-corrected chi connectivity index (χ0v) is 16.3. The largest absolute Gasteiger partial charge is 0.493 e. The lowest BCUT2D eigenvalue weighted by molar-refractivity contribution is 0.296. The van der Waals surface area contributed by atoms with Crippen LogP contribution in [0.3, 0.4) is 0 Å². The highest BCUT2D eigenvalue weighted by molar-refractivity contribution is 7.99. The van der Waals surface area contributed by atoms with Crippen molar-refractivity contribution in [3.05, 3.63) is 18.2 Å². The summed E-state index contributed by atoms with van der Waals surface area (Å²) in [6, 6.07) is 6.31. The van der Waals surface area contributed by atoms with Crippen molar-refractivity contribution in [1.82, 2.24) is 14.8 Å². The molecule has 7 heteroatoms. The molecule has 2 aromatic rings. The van der Waals surface area contributed by atoms with E-state index >= 15 is 0 Å². The Morgan fingerprint density at radius 3 is 2.58 bits per heavy atom. The van der Waals surface area contributed by atoms with E-state index in [9.17, 15) is 0 Å². The second-order valence-corrected chi connectivity index (χ2v) is 7.53. The third-order valence-corrected chi connectivity index (χ3v) is 5.81. The summed E-state index contributed by atoms with van der Waals surface area (Å²) in [5.74, 6) is 3.12. The number of methoxy groups -OCH3 is 2. The molecule has 26 heavy (non-hydrogen) atoms. The van der Waals surface area contributed by atoms with Crippen molar-refractivity contribution in [1.29, 1.82) is 0 Å². The van der Waals surface area contributed by atoms with E-state index in [0.717, 1.165) is 41.6 Å². The van der Waals surface area contributed by atoms with Gasteiger partial charge in [-0.3, -0.25) is 4.57 Å². The first-order chi connectivity index (χ1) is 12.8. The van der Waals surface area contributed by atoms with Gasteiger partial charge in [-0.15, -0.1) is 10.2 Å². The molecule has 142 valence electrons. The van der Waals surface area contributed by atoms with Crippen LogP contribution in [0.1, 0.15) is 44.6 Å². The van der Waals surface area contributed by atoms with Crippen LogP contribution in [0.25, 0.3) is 11.4 Å². The van der Waals surface area contributed by atoms with Crippen molar-refractivity contribution in [3.63, 3.8) is 0 Å². The van der Waals surface area contributed by atoms with Gasteiger partial charge < -0.3 is 14.6 Å². The van der Waals surface area contributed by atoms with Crippen LogP contribution in [0.15, 0.2) is 23.4 Å². The fourth-order valence-corrected chi connectivity index (χ4v) is 4.37. The monoisotopic (exact) mass is 377 g/mol. The van der Waals surface area contributed by atoms with Gasteiger partial charge in [-0.25, -0.2) is 0 Å². The highest BCUT2D eigenvalue weighted by atomic mass is 32.2. The number of hydrogen-bond acceptors (Lipinski definition) is 6. The molecule has 1 heterocycles. The van der Waals surface area contributed by atoms with Crippen LogP contribution in [0, 0.1) is 0 Å². The highest BCUT2D eigenvalue weighted by Gasteiger charge is 2.24. The molecule has 0 amide bonds. The topological polar surface area (TPSA) is 69.4 Å². The lowest BCUT2D eigenvalue weighted by atomic mass is 9.95. The summed E-state index contributed by atoms with van der Waals surface area (Å²) in [6.45, 7) is 0.201. The second kappa shape index (κ2) is 9.28. The molecule has 0 atom stereocenters. The van der Waals surface area contributed by atoms with Crippen molar-refractivity contribution < 1.29 is 14.6 Å². The van der Waals surface area contributed by atoms with E-state index in [1.165, 1.54) is 19.3 Å². The molecule has 6 nitrogen and oxygen atoms in total. The molecule has 1 aliphatic carbocycles. The molecule has 1 N–H and O–H groups in total. The zero-order chi connectivity index (χ0) is 18.4. The number of ether oxygens (including phenoxy) is 2. The Morgan fingerprint density at radius 1 is 1.12 bits per heavy atom. The predicted molar refractivity (Wildman–Crippen MR) is 103 cm³/mol. The molecular weight excluding hydrogens is 350 g/mol. The van der Waals surface area contributed by atoms with Crippen LogP contribution in [0.2, 0.25) is 0 Å². The van der Waals surface area contributed by atoms with E-state index in [2.05, 4.69) is 14.8 Å². The van der Waals surface area contributed by atoms with Gasteiger partial charge in [-0.05, 0) is 37.5 Å². The lowest BCUT2D eigenvalue weighted by Gasteiger charge is -2.25. The first kappa shape index (κ1) is 19.0. The maximum absolute atomic E-state index is 9.07. The van der Waals surface area contributed by atoms with E-state index in [0.29, 0.717) is 17.5 Å². The predicted octanol–water partition coefficient (Wildman–Crippen LogP) is 3.94. The molecule has 0 unspecified atom stereocenters. The Balaban J connectivity index is 1.97. The van der Waals surface area contributed by atoms with Crippen molar-refractivity contribution in [2.24, 2.45) is 0 Å². The van der Waals surface area contributed by atoms with Gasteiger partial charge in [0.05, 0.1) is 14.2 Å². The first-order valence-electron chi connectivity index (χ1n) is 9.19. The van der Waals surface area contributed by atoms with E-state index < -0.39 is 0 Å². The maximum Gasteiger partial charge on any atom is 0.191 e. The summed E-state index contributed by atoms with van der Waals surface area (Å²) in [5, 5.41) is 19.0. The summed E-state index contributed by atoms with van der Waals surface area (Å²) >= 11 is 1.67. The van der Waals surface area contributed by atoms with Crippen molar-refractivity contribution >= 4 is 11.8 Å². The van der Waals surface area contributed by atoms with Gasteiger partial charge in [0.25, 0.3) is 0 Å². The molecule has 1 aliphatic rings. The Hall–Kier alpha value is -1.73. The van der Waals surface area contributed by atoms with Gasteiger partial charge in [0.1, 0.15) is 0 Å². The van der Waals surface area contributed by atoms with Crippen molar-refractivity contribution in [3.8, 4) is 22.9 Å². The Morgan fingerprint density at radius 2 is 1.88 bits per heavy atom. The minimum atomic E-state index is 0.201. The maximum atomic E-state index is 9.07. The van der Waals surface area contributed by atoms with E-state index in [4.69, 9.17) is 14.6 Å². The van der Waals surface area contributed by atoms with E-state index in [1.54, 1.807) is 26.0 Å². The highest BCUT2D eigenvalue weighted by Crippen LogP contribution is 2.38. The number of aliphatic hydroxyl groups is 1. The minimum absolute atomic E-state index is 0.201. The van der Waals surface area contributed by atoms with Gasteiger partial charge in [0.2, 0.25) is 0 Å². The molecule has 1 saturated carbocycles. The Kier molecular flexibility index (Phi) is 6.80. The number of nitrogens with zero attached hydrogens (tertiary/aromatic N) is 3. The Labute approximate surface area is 158 Å². The van der Waals surface area contributed by atoms with Gasteiger partial charge in [0.15, 0.2) is 22.5 Å². The summed E-state index contributed by atoms with van der Waals surface area (Å²) in [5.41, 5.74) is 0.981. The van der Waals surface area contributed by atoms with Crippen LogP contribution < -0.4 is 9.47 Å². The quantitative estimate of drug-likeness (QED) is 0.555. The summed E-state index contributed by atoms with van der Waals surface area (Å²) in [7, 11) is 3.28. The number of aliphatic hydroxyl groups excluding tert-OH is 1. The SMILES string of the molecule is COc1ccc(-c2nnc(SCCCO)n2C2CCCCC2)cc1OC. The molecule has 1 aromatic carbocycles. The van der Waals surface area contributed by atoms with Crippen LogP contribution in [-0.2, 0) is 0 Å². The number of thioether (sulfide) groups is 1. The minimum Gasteiger partial charge on any atom is -0.493 e. The normalized spacial score (nSPS) is 15.2. The van der Waals surface area contributed by atoms with Crippen molar-refractivity contribution in [2.75, 3.05) is 26.6 Å². The fourth-order valence-electron chi connectivity index (χ4n) is 3.44. The van der Waals surface area contributed by atoms with Crippen molar-refractivity contribution in [2.45, 2.75) is 49.7 Å². The molecule has 1 aromatic heterocycles. The van der Waals surface area contributed by atoms with E-state index in [-0.39, 0.29) is 6.61 Å². The number of hydrogen-bond donors (Lipinski definition) is 1. The van der Waals surface area contributed by atoms with E-state index in [1.807, 2.05) is 18.2 Å². The second-order valence-electron chi connectivity index (χ2n) is 6.46. The third kappa shape index (κ3) is 4.15. The number of rotatable bonds is 8. The standard InChI is InChI=1S/C19H27N3O3S/c1-24-16-10-9-14(13-17(16)25-2)18-20-21-19(26-12-6-11-23)22(18)15-7-4-3-5-8-15/h9-10,13,15,23H,3-8,11-12H2,1-2H3. The number of benzene rings is 1. The van der Waals surface area contributed by atoms with Gasteiger partial charge in [-0.2, -0.15) is 0 Å².